The zero-order valence-corrected chi connectivity index (χ0v) is 24.4. The van der Waals surface area contributed by atoms with Crippen LogP contribution in [0.15, 0.2) is 0 Å². The van der Waals surface area contributed by atoms with Crippen LogP contribution in [-0.2, 0) is 4.79 Å². The third-order valence-electron chi connectivity index (χ3n) is 7.91. The molecule has 0 rings (SSSR count). The van der Waals surface area contributed by atoms with E-state index < -0.39 is 5.97 Å². The van der Waals surface area contributed by atoms with Crippen LogP contribution in [0.3, 0.4) is 0 Å². The maximum atomic E-state index is 11.6. The van der Waals surface area contributed by atoms with Gasteiger partial charge in [-0.3, -0.25) is 4.79 Å². The minimum Gasteiger partial charge on any atom is -0.481 e. The number of aliphatic carboxylic acids is 1. The van der Waals surface area contributed by atoms with Crippen LogP contribution in [0.5, 0.6) is 0 Å². The van der Waals surface area contributed by atoms with Crippen LogP contribution in [0.25, 0.3) is 0 Å². The molecule has 0 aromatic carbocycles. The first-order valence-corrected chi connectivity index (χ1v) is 16.4. The summed E-state index contributed by atoms with van der Waals surface area (Å²) in [6.07, 6.45) is 38.4. The second-order valence-corrected chi connectivity index (χ2v) is 11.5. The second kappa shape index (κ2) is 29.7. The third-order valence-corrected chi connectivity index (χ3v) is 7.91. The smallest absolute Gasteiger partial charge is 0.306 e. The Bertz CT molecular complexity index is 406. The van der Waals surface area contributed by atoms with E-state index in [4.69, 9.17) is 0 Å². The maximum Gasteiger partial charge on any atom is 0.306 e. The molecule has 0 aliphatic carbocycles. The molecule has 0 saturated heterocycles. The highest BCUT2D eigenvalue weighted by Gasteiger charge is 2.16. The Balaban J connectivity index is 3.40. The van der Waals surface area contributed by atoms with E-state index in [9.17, 15) is 9.90 Å². The number of carbonyl (C=O) groups is 1. The Labute approximate surface area is 221 Å². The lowest BCUT2D eigenvalue weighted by atomic mass is 9.94. The van der Waals surface area contributed by atoms with Crippen molar-refractivity contribution in [2.75, 3.05) is 0 Å². The minimum absolute atomic E-state index is 0.0972. The van der Waals surface area contributed by atoms with Crippen molar-refractivity contribution in [1.29, 1.82) is 0 Å². The molecule has 1 unspecified atom stereocenters. The first-order valence-electron chi connectivity index (χ1n) is 16.4. The summed E-state index contributed by atoms with van der Waals surface area (Å²) in [7, 11) is 0. The molecule has 0 radical (unpaired) electrons. The molecule has 1 N–H and O–H groups in total. The van der Waals surface area contributed by atoms with Gasteiger partial charge in [-0.15, -0.1) is 0 Å². The monoisotopic (exact) mass is 495 g/mol. The molecule has 210 valence electrons. The summed E-state index contributed by atoms with van der Waals surface area (Å²) >= 11 is 0. The molecule has 0 bridgehead atoms. The molecule has 0 aromatic heterocycles. The number of hydrogen-bond acceptors (Lipinski definition) is 1. The largest absolute Gasteiger partial charge is 0.481 e. The van der Waals surface area contributed by atoms with Crippen molar-refractivity contribution < 1.29 is 9.90 Å². The molecule has 2 nitrogen and oxygen atoms in total. The van der Waals surface area contributed by atoms with Gasteiger partial charge in [0.15, 0.2) is 0 Å². The van der Waals surface area contributed by atoms with Crippen LogP contribution in [0.1, 0.15) is 200 Å². The molecule has 0 aromatic rings. The summed E-state index contributed by atoms with van der Waals surface area (Å²) in [6.45, 7) is 4.56. The molecule has 0 saturated carbocycles. The molecule has 0 fully saturated rings. The van der Waals surface area contributed by atoms with Gasteiger partial charge in [0.2, 0.25) is 0 Å². The van der Waals surface area contributed by atoms with Gasteiger partial charge in [-0.05, 0) is 12.8 Å². The van der Waals surface area contributed by atoms with Gasteiger partial charge in [0, 0.05) is 0 Å². The summed E-state index contributed by atoms with van der Waals surface area (Å²) in [4.78, 5) is 11.6. The van der Waals surface area contributed by atoms with Gasteiger partial charge in [-0.2, -0.15) is 0 Å². The van der Waals surface area contributed by atoms with E-state index in [1.807, 2.05) is 0 Å². The number of hydrogen-bond donors (Lipinski definition) is 1. The second-order valence-electron chi connectivity index (χ2n) is 11.5. The van der Waals surface area contributed by atoms with Crippen molar-refractivity contribution in [3.63, 3.8) is 0 Å². The third kappa shape index (κ3) is 27.9. The zero-order valence-electron chi connectivity index (χ0n) is 24.4. The van der Waals surface area contributed by atoms with E-state index in [1.165, 1.54) is 161 Å². The average molecular weight is 495 g/mol. The maximum absolute atomic E-state index is 11.6. The Kier molecular flexibility index (Phi) is 29.2. The molecule has 0 aliphatic heterocycles. The minimum atomic E-state index is -0.557. The van der Waals surface area contributed by atoms with E-state index >= 15 is 0 Å². The predicted molar refractivity (Wildman–Crippen MR) is 156 cm³/mol. The number of rotatable bonds is 30. The van der Waals surface area contributed by atoms with E-state index in [0.717, 1.165) is 25.7 Å². The average Bonchev–Trinajstić information content (AvgIpc) is 2.85. The van der Waals surface area contributed by atoms with E-state index in [0.29, 0.717) is 0 Å². The van der Waals surface area contributed by atoms with E-state index in [-0.39, 0.29) is 5.92 Å². The molecule has 0 amide bonds. The predicted octanol–water partition coefficient (Wildman–Crippen LogP) is 12.0. The molecule has 1 atom stereocenters. The fraction of sp³-hybridized carbons (Fsp3) is 0.970. The number of carboxylic acid groups (broad SMARTS) is 1. The summed E-state index contributed by atoms with van der Waals surface area (Å²) in [5.74, 6) is -0.654. The van der Waals surface area contributed by atoms with Crippen LogP contribution >= 0.6 is 0 Å². The highest BCUT2D eigenvalue weighted by Crippen LogP contribution is 2.20. The standard InChI is InChI=1S/C33H66O2/c1-3-5-7-9-11-13-15-17-19-21-23-25-27-29-31-32(33(34)35)30-28-26-24-22-20-18-16-14-12-10-8-6-4-2/h32H,3-31H2,1-2H3,(H,34,35). The lowest BCUT2D eigenvalue weighted by Crippen LogP contribution is -2.13. The normalized spacial score (nSPS) is 12.3. The zero-order chi connectivity index (χ0) is 25.7. The highest BCUT2D eigenvalue weighted by molar-refractivity contribution is 5.69. The van der Waals surface area contributed by atoms with Gasteiger partial charge in [0.1, 0.15) is 0 Å². The van der Waals surface area contributed by atoms with Gasteiger partial charge in [0.05, 0.1) is 5.92 Å². The number of carboxylic acids is 1. The summed E-state index contributed by atoms with van der Waals surface area (Å²) in [6, 6.07) is 0. The van der Waals surface area contributed by atoms with Crippen molar-refractivity contribution in [2.24, 2.45) is 5.92 Å². The topological polar surface area (TPSA) is 37.3 Å². The van der Waals surface area contributed by atoms with Crippen LogP contribution < -0.4 is 0 Å². The van der Waals surface area contributed by atoms with Crippen molar-refractivity contribution in [2.45, 2.75) is 200 Å². The lowest BCUT2D eigenvalue weighted by Gasteiger charge is -2.12. The van der Waals surface area contributed by atoms with Gasteiger partial charge in [-0.25, -0.2) is 0 Å². The molecular formula is C33H66O2. The Morgan fingerprint density at radius 1 is 0.400 bits per heavy atom. The van der Waals surface area contributed by atoms with Crippen molar-refractivity contribution in [3.8, 4) is 0 Å². The summed E-state index contributed by atoms with van der Waals surface area (Å²) < 4.78 is 0. The van der Waals surface area contributed by atoms with E-state index in [2.05, 4.69) is 13.8 Å². The lowest BCUT2D eigenvalue weighted by molar-refractivity contribution is -0.142. The summed E-state index contributed by atoms with van der Waals surface area (Å²) in [5, 5.41) is 9.57. The molecule has 0 spiro atoms. The van der Waals surface area contributed by atoms with Crippen molar-refractivity contribution in [1.82, 2.24) is 0 Å². The van der Waals surface area contributed by atoms with Crippen LogP contribution in [0, 0.1) is 5.92 Å². The van der Waals surface area contributed by atoms with Gasteiger partial charge < -0.3 is 5.11 Å². The van der Waals surface area contributed by atoms with Crippen LogP contribution in [0.2, 0.25) is 0 Å². The quantitative estimate of drug-likeness (QED) is 0.101. The van der Waals surface area contributed by atoms with Crippen molar-refractivity contribution >= 4 is 5.97 Å². The fourth-order valence-electron chi connectivity index (χ4n) is 5.39. The first kappa shape index (κ1) is 34.5. The number of unbranched alkanes of at least 4 members (excludes halogenated alkanes) is 25. The molecule has 0 heterocycles. The van der Waals surface area contributed by atoms with Gasteiger partial charge in [0.25, 0.3) is 0 Å². The SMILES string of the molecule is CCCCCCCCCCCCCCCCC(CCCCCCCCCCCCCCC)C(=O)O. The Morgan fingerprint density at radius 2 is 0.600 bits per heavy atom. The molecule has 2 heteroatoms. The van der Waals surface area contributed by atoms with E-state index in [1.54, 1.807) is 0 Å². The molecule has 35 heavy (non-hydrogen) atoms. The van der Waals surface area contributed by atoms with Gasteiger partial charge in [-0.1, -0.05) is 187 Å². The molecule has 0 aliphatic rings. The van der Waals surface area contributed by atoms with Crippen LogP contribution in [0.4, 0.5) is 0 Å². The van der Waals surface area contributed by atoms with Gasteiger partial charge >= 0.3 is 5.97 Å². The molecular weight excluding hydrogens is 428 g/mol. The van der Waals surface area contributed by atoms with Crippen LogP contribution in [-0.4, -0.2) is 11.1 Å². The highest BCUT2D eigenvalue weighted by atomic mass is 16.4. The Morgan fingerprint density at radius 3 is 0.800 bits per heavy atom. The first-order chi connectivity index (χ1) is 17.2. The fourth-order valence-corrected chi connectivity index (χ4v) is 5.39. The Hall–Kier alpha value is -0.530. The van der Waals surface area contributed by atoms with Crippen molar-refractivity contribution in [3.05, 3.63) is 0 Å². The summed E-state index contributed by atoms with van der Waals surface area (Å²) in [5.41, 5.74) is 0.